The molecule has 0 saturated carbocycles. The van der Waals surface area contributed by atoms with Crippen molar-refractivity contribution in [1.82, 2.24) is 10.2 Å². The first kappa shape index (κ1) is 18.4. The molecule has 4 nitrogen and oxygen atoms in total. The smallest absolute Gasteiger partial charge is 0.387 e. The first-order valence-electron chi connectivity index (χ1n) is 7.28. The van der Waals surface area contributed by atoms with E-state index in [1.807, 2.05) is 19.0 Å². The van der Waals surface area contributed by atoms with Gasteiger partial charge in [0, 0.05) is 18.2 Å². The van der Waals surface area contributed by atoms with E-state index in [-0.39, 0.29) is 17.7 Å². The Bertz CT molecular complexity index is 452. The van der Waals surface area contributed by atoms with Crippen LogP contribution in [0.3, 0.4) is 0 Å². The fourth-order valence-electron chi connectivity index (χ4n) is 2.25. The Hall–Kier alpha value is -1.69. The van der Waals surface area contributed by atoms with Crippen molar-refractivity contribution < 1.29 is 18.3 Å². The molecule has 1 atom stereocenters. The van der Waals surface area contributed by atoms with Crippen molar-refractivity contribution in [3.63, 3.8) is 0 Å². The summed E-state index contributed by atoms with van der Waals surface area (Å²) in [6.45, 7) is 2.09. The van der Waals surface area contributed by atoms with Crippen molar-refractivity contribution in [3.05, 3.63) is 29.8 Å². The molecule has 1 unspecified atom stereocenters. The molecule has 22 heavy (non-hydrogen) atoms. The highest BCUT2D eigenvalue weighted by Gasteiger charge is 2.16. The third-order valence-electron chi connectivity index (χ3n) is 3.02. The van der Waals surface area contributed by atoms with Crippen LogP contribution in [0.4, 0.5) is 8.78 Å². The van der Waals surface area contributed by atoms with Gasteiger partial charge in [0.05, 0.1) is 0 Å². The van der Waals surface area contributed by atoms with Gasteiger partial charge in [-0.05, 0) is 50.7 Å². The number of halogens is 2. The quantitative estimate of drug-likeness (QED) is 0.802. The summed E-state index contributed by atoms with van der Waals surface area (Å²) in [4.78, 5) is 14.3. The number of ether oxygens (including phenoxy) is 1. The lowest BCUT2D eigenvalue weighted by molar-refractivity contribution is -0.0498. The van der Waals surface area contributed by atoms with Crippen molar-refractivity contribution in [2.75, 3.05) is 20.6 Å². The van der Waals surface area contributed by atoms with E-state index in [1.54, 1.807) is 0 Å². The Labute approximate surface area is 130 Å². The minimum atomic E-state index is -2.87. The second-order valence-electron chi connectivity index (χ2n) is 5.97. The van der Waals surface area contributed by atoms with E-state index < -0.39 is 6.61 Å². The summed E-state index contributed by atoms with van der Waals surface area (Å²) in [6.07, 6.45) is 0.872. The fourth-order valence-corrected chi connectivity index (χ4v) is 2.25. The van der Waals surface area contributed by atoms with Crippen LogP contribution in [-0.2, 0) is 0 Å². The van der Waals surface area contributed by atoms with Crippen molar-refractivity contribution in [3.8, 4) is 5.75 Å². The van der Waals surface area contributed by atoms with Crippen molar-refractivity contribution >= 4 is 5.91 Å². The van der Waals surface area contributed by atoms with Gasteiger partial charge in [0.15, 0.2) is 0 Å². The molecule has 1 N–H and O–H groups in total. The number of likely N-dealkylation sites (N-methyl/N-ethyl adjacent to an activating group) is 1. The predicted molar refractivity (Wildman–Crippen MR) is 82.3 cm³/mol. The molecule has 0 bridgehead atoms. The fraction of sp³-hybridized carbons (Fsp3) is 0.562. The summed E-state index contributed by atoms with van der Waals surface area (Å²) in [5.74, 6) is 0.293. The molecule has 0 fully saturated rings. The molecule has 0 aliphatic heterocycles. The zero-order chi connectivity index (χ0) is 16.7. The van der Waals surface area contributed by atoms with Crippen LogP contribution in [0.15, 0.2) is 24.3 Å². The number of benzene rings is 1. The molecular weight excluding hydrogens is 290 g/mol. The van der Waals surface area contributed by atoms with Gasteiger partial charge in [-0.1, -0.05) is 13.8 Å². The van der Waals surface area contributed by atoms with Gasteiger partial charge in [0.25, 0.3) is 5.91 Å². The van der Waals surface area contributed by atoms with Crippen LogP contribution in [0.5, 0.6) is 5.75 Å². The number of carbonyl (C=O) groups excluding carboxylic acids is 1. The summed E-state index contributed by atoms with van der Waals surface area (Å²) >= 11 is 0. The third kappa shape index (κ3) is 6.85. The Morgan fingerprint density at radius 1 is 1.23 bits per heavy atom. The monoisotopic (exact) mass is 314 g/mol. The van der Waals surface area contributed by atoms with E-state index in [0.717, 1.165) is 13.0 Å². The lowest BCUT2D eigenvalue weighted by Crippen LogP contribution is -2.42. The van der Waals surface area contributed by atoms with Gasteiger partial charge < -0.3 is 15.0 Å². The zero-order valence-electron chi connectivity index (χ0n) is 13.5. The highest BCUT2D eigenvalue weighted by molar-refractivity contribution is 5.94. The lowest BCUT2D eigenvalue weighted by atomic mass is 10.0. The largest absolute Gasteiger partial charge is 0.435 e. The molecule has 0 heterocycles. The Morgan fingerprint density at radius 3 is 2.27 bits per heavy atom. The van der Waals surface area contributed by atoms with Gasteiger partial charge in [0.2, 0.25) is 0 Å². The van der Waals surface area contributed by atoms with E-state index >= 15 is 0 Å². The molecule has 0 radical (unpaired) electrons. The number of amides is 1. The third-order valence-corrected chi connectivity index (χ3v) is 3.02. The van der Waals surface area contributed by atoms with E-state index in [1.165, 1.54) is 24.3 Å². The zero-order valence-corrected chi connectivity index (χ0v) is 13.5. The van der Waals surface area contributed by atoms with Gasteiger partial charge >= 0.3 is 6.61 Å². The molecule has 0 aromatic heterocycles. The molecular formula is C16H24F2N2O2. The van der Waals surface area contributed by atoms with Crippen LogP contribution < -0.4 is 10.1 Å². The van der Waals surface area contributed by atoms with E-state index in [0.29, 0.717) is 11.5 Å². The maximum atomic E-state index is 12.2. The van der Waals surface area contributed by atoms with E-state index in [9.17, 15) is 13.6 Å². The summed E-state index contributed by atoms with van der Waals surface area (Å²) in [6, 6.07) is 5.73. The van der Waals surface area contributed by atoms with Gasteiger partial charge in [-0.2, -0.15) is 8.78 Å². The van der Waals surface area contributed by atoms with Gasteiger partial charge in [-0.25, -0.2) is 0 Å². The minimum absolute atomic E-state index is 0.0403. The van der Waals surface area contributed by atoms with Crippen LogP contribution in [-0.4, -0.2) is 44.1 Å². The van der Waals surface area contributed by atoms with Gasteiger partial charge in [-0.3, -0.25) is 4.79 Å². The van der Waals surface area contributed by atoms with Crippen molar-refractivity contribution in [1.29, 1.82) is 0 Å². The first-order chi connectivity index (χ1) is 10.3. The molecule has 124 valence electrons. The molecule has 1 aromatic carbocycles. The van der Waals surface area contributed by atoms with E-state index in [4.69, 9.17) is 0 Å². The second kappa shape index (κ2) is 8.68. The second-order valence-corrected chi connectivity index (χ2v) is 5.97. The van der Waals surface area contributed by atoms with Crippen molar-refractivity contribution in [2.24, 2.45) is 5.92 Å². The summed E-state index contributed by atoms with van der Waals surface area (Å²) in [7, 11) is 3.91. The van der Waals surface area contributed by atoms with Gasteiger partial charge in [-0.15, -0.1) is 0 Å². The lowest BCUT2D eigenvalue weighted by Gasteiger charge is -2.24. The molecule has 6 heteroatoms. The number of hydrogen-bond donors (Lipinski definition) is 1. The Morgan fingerprint density at radius 2 is 1.82 bits per heavy atom. The number of rotatable bonds is 8. The first-order valence-corrected chi connectivity index (χ1v) is 7.28. The summed E-state index contributed by atoms with van der Waals surface area (Å²) in [5.41, 5.74) is 0.425. The Kier molecular flexibility index (Phi) is 7.24. The average Bonchev–Trinajstić information content (AvgIpc) is 2.36. The van der Waals surface area contributed by atoms with Crippen LogP contribution in [0.1, 0.15) is 30.6 Å². The molecule has 0 spiro atoms. The highest BCUT2D eigenvalue weighted by Crippen LogP contribution is 2.15. The molecule has 0 aliphatic carbocycles. The predicted octanol–water partition coefficient (Wildman–Crippen LogP) is 2.99. The van der Waals surface area contributed by atoms with Gasteiger partial charge in [0.1, 0.15) is 5.75 Å². The minimum Gasteiger partial charge on any atom is -0.435 e. The van der Waals surface area contributed by atoms with Crippen LogP contribution in [0.25, 0.3) is 0 Å². The maximum absolute atomic E-state index is 12.2. The normalized spacial score (nSPS) is 12.8. The standard InChI is InChI=1S/C16H24F2N2O2/c1-11(2)9-13(10-20(3)4)19-15(21)12-5-7-14(8-6-12)22-16(17)18/h5-8,11,13,16H,9-10H2,1-4H3,(H,19,21). The van der Waals surface area contributed by atoms with Crippen LogP contribution >= 0.6 is 0 Å². The number of hydrogen-bond acceptors (Lipinski definition) is 3. The number of nitrogens with zero attached hydrogens (tertiary/aromatic N) is 1. The number of nitrogens with one attached hydrogen (secondary N) is 1. The topological polar surface area (TPSA) is 41.6 Å². The van der Waals surface area contributed by atoms with E-state index in [2.05, 4.69) is 23.9 Å². The molecule has 0 aliphatic rings. The summed E-state index contributed by atoms with van der Waals surface area (Å²) in [5, 5.41) is 2.99. The van der Waals surface area contributed by atoms with Crippen LogP contribution in [0.2, 0.25) is 0 Å². The molecule has 0 saturated heterocycles. The Balaban J connectivity index is 2.68. The van der Waals surface area contributed by atoms with Crippen molar-refractivity contribution in [2.45, 2.75) is 32.9 Å². The molecule has 1 aromatic rings. The van der Waals surface area contributed by atoms with Crippen LogP contribution in [0, 0.1) is 5.92 Å². The maximum Gasteiger partial charge on any atom is 0.387 e. The molecule has 1 amide bonds. The number of alkyl halides is 2. The SMILES string of the molecule is CC(C)CC(CN(C)C)NC(=O)c1ccc(OC(F)F)cc1. The highest BCUT2D eigenvalue weighted by atomic mass is 19.3. The number of carbonyl (C=O) groups is 1. The average molecular weight is 314 g/mol. The summed E-state index contributed by atoms with van der Waals surface area (Å²) < 4.78 is 28.4. The molecule has 1 rings (SSSR count).